The van der Waals surface area contributed by atoms with Gasteiger partial charge in [0.15, 0.2) is 5.13 Å². The molecule has 2 aliphatic heterocycles. The molecule has 1 unspecified atom stereocenters. The summed E-state index contributed by atoms with van der Waals surface area (Å²) in [5, 5.41) is 3.63. The largest absolute Gasteiger partial charge is 0.345 e. The molecule has 2 fully saturated rings. The standard InChI is InChI=1S/C10H14ClN3S/c11-9-7-15-10(12-9)14-5-4-13-3-1-2-8(13)6-14/h7-8H,1-6H2. The highest BCUT2D eigenvalue weighted by Crippen LogP contribution is 2.28. The van der Waals surface area contributed by atoms with Gasteiger partial charge in [0.05, 0.1) is 0 Å². The minimum absolute atomic E-state index is 0.629. The summed E-state index contributed by atoms with van der Waals surface area (Å²) >= 11 is 7.51. The van der Waals surface area contributed by atoms with Crippen molar-refractivity contribution < 1.29 is 0 Å². The van der Waals surface area contributed by atoms with Gasteiger partial charge in [-0.3, -0.25) is 4.90 Å². The zero-order valence-corrected chi connectivity index (χ0v) is 10.1. The number of hydrogen-bond donors (Lipinski definition) is 0. The fourth-order valence-electron chi connectivity index (χ4n) is 2.56. The van der Waals surface area contributed by atoms with E-state index < -0.39 is 0 Å². The smallest absolute Gasteiger partial charge is 0.186 e. The van der Waals surface area contributed by atoms with E-state index in [-0.39, 0.29) is 0 Å². The Balaban J connectivity index is 1.73. The third-order valence-electron chi connectivity index (χ3n) is 3.32. The van der Waals surface area contributed by atoms with Crippen LogP contribution in [0.1, 0.15) is 12.8 Å². The lowest BCUT2D eigenvalue weighted by Crippen LogP contribution is -2.50. The second-order valence-corrected chi connectivity index (χ2v) is 5.45. The van der Waals surface area contributed by atoms with E-state index in [4.69, 9.17) is 11.6 Å². The van der Waals surface area contributed by atoms with E-state index in [2.05, 4.69) is 14.8 Å². The van der Waals surface area contributed by atoms with Crippen LogP contribution in [0.5, 0.6) is 0 Å². The van der Waals surface area contributed by atoms with Crippen LogP contribution in [0.25, 0.3) is 0 Å². The maximum atomic E-state index is 5.85. The Morgan fingerprint density at radius 1 is 1.40 bits per heavy atom. The molecule has 0 spiro atoms. The summed E-state index contributed by atoms with van der Waals surface area (Å²) in [5.74, 6) is 0. The summed E-state index contributed by atoms with van der Waals surface area (Å²) in [6.07, 6.45) is 2.70. The first-order valence-corrected chi connectivity index (χ1v) is 6.69. The fourth-order valence-corrected chi connectivity index (χ4v) is 3.54. The Bertz CT molecular complexity index is 354. The maximum Gasteiger partial charge on any atom is 0.186 e. The molecule has 2 saturated heterocycles. The van der Waals surface area contributed by atoms with Gasteiger partial charge in [-0.2, -0.15) is 0 Å². The number of hydrogen-bond acceptors (Lipinski definition) is 4. The molecule has 5 heteroatoms. The molecule has 1 aromatic rings. The average molecular weight is 244 g/mol. The van der Waals surface area contributed by atoms with E-state index in [0.29, 0.717) is 5.15 Å². The quantitative estimate of drug-likeness (QED) is 0.753. The van der Waals surface area contributed by atoms with E-state index in [1.807, 2.05) is 5.38 Å². The van der Waals surface area contributed by atoms with Gasteiger partial charge in [-0.15, -0.1) is 11.3 Å². The lowest BCUT2D eigenvalue weighted by Gasteiger charge is -2.37. The van der Waals surface area contributed by atoms with Gasteiger partial charge in [0.2, 0.25) is 0 Å². The van der Waals surface area contributed by atoms with E-state index >= 15 is 0 Å². The predicted octanol–water partition coefficient (Wildman–Crippen LogP) is 2.08. The molecule has 2 aliphatic rings. The van der Waals surface area contributed by atoms with E-state index in [1.54, 1.807) is 11.3 Å². The minimum Gasteiger partial charge on any atom is -0.345 e. The number of fused-ring (bicyclic) bond motifs is 1. The van der Waals surface area contributed by atoms with Crippen LogP contribution in [0.15, 0.2) is 5.38 Å². The Morgan fingerprint density at radius 3 is 3.13 bits per heavy atom. The number of rotatable bonds is 1. The topological polar surface area (TPSA) is 19.4 Å². The number of nitrogens with zero attached hydrogens (tertiary/aromatic N) is 3. The van der Waals surface area contributed by atoms with Crippen molar-refractivity contribution in [2.45, 2.75) is 18.9 Å². The number of aromatic nitrogens is 1. The van der Waals surface area contributed by atoms with Crippen molar-refractivity contribution in [2.24, 2.45) is 0 Å². The molecule has 3 heterocycles. The zero-order chi connectivity index (χ0) is 10.3. The van der Waals surface area contributed by atoms with Crippen LogP contribution in [0.2, 0.25) is 5.15 Å². The van der Waals surface area contributed by atoms with Crippen molar-refractivity contribution in [3.05, 3.63) is 10.5 Å². The predicted molar refractivity (Wildman–Crippen MR) is 63.9 cm³/mol. The maximum absolute atomic E-state index is 5.85. The summed E-state index contributed by atoms with van der Waals surface area (Å²) in [6, 6.07) is 0.751. The monoisotopic (exact) mass is 243 g/mol. The van der Waals surface area contributed by atoms with Crippen molar-refractivity contribution in [2.75, 3.05) is 31.1 Å². The zero-order valence-electron chi connectivity index (χ0n) is 8.53. The highest BCUT2D eigenvalue weighted by atomic mass is 35.5. The average Bonchev–Trinajstić information content (AvgIpc) is 2.84. The lowest BCUT2D eigenvalue weighted by atomic mass is 10.2. The van der Waals surface area contributed by atoms with Crippen molar-refractivity contribution in [1.82, 2.24) is 9.88 Å². The SMILES string of the molecule is Clc1csc(N2CCN3CCCC3C2)n1. The molecule has 15 heavy (non-hydrogen) atoms. The fraction of sp³-hybridized carbons (Fsp3) is 0.700. The Morgan fingerprint density at radius 2 is 2.33 bits per heavy atom. The number of anilines is 1. The molecule has 0 aliphatic carbocycles. The van der Waals surface area contributed by atoms with Crippen molar-refractivity contribution in [3.63, 3.8) is 0 Å². The molecule has 0 radical (unpaired) electrons. The lowest BCUT2D eigenvalue weighted by molar-refractivity contribution is 0.231. The van der Waals surface area contributed by atoms with Crippen molar-refractivity contribution >= 4 is 28.1 Å². The summed E-state index contributed by atoms with van der Waals surface area (Å²) in [6.45, 7) is 4.70. The Hall–Kier alpha value is -0.320. The van der Waals surface area contributed by atoms with Crippen LogP contribution in [0, 0.1) is 0 Å². The minimum atomic E-state index is 0.629. The van der Waals surface area contributed by atoms with E-state index in [9.17, 15) is 0 Å². The summed E-state index contributed by atoms with van der Waals surface area (Å²) in [5.41, 5.74) is 0. The molecule has 1 atom stereocenters. The van der Waals surface area contributed by atoms with Crippen LogP contribution in [-0.2, 0) is 0 Å². The molecule has 3 rings (SSSR count). The van der Waals surface area contributed by atoms with Gasteiger partial charge < -0.3 is 4.90 Å². The number of piperazine rings is 1. The normalized spacial score (nSPS) is 27.0. The highest BCUT2D eigenvalue weighted by molar-refractivity contribution is 7.14. The first-order chi connectivity index (χ1) is 7.33. The Labute approximate surface area is 98.7 Å². The van der Waals surface area contributed by atoms with Crippen LogP contribution in [-0.4, -0.2) is 42.1 Å². The molecule has 0 aromatic carbocycles. The second-order valence-electron chi connectivity index (χ2n) is 4.23. The third kappa shape index (κ3) is 1.86. The summed E-state index contributed by atoms with van der Waals surface area (Å²) in [7, 11) is 0. The van der Waals surface area contributed by atoms with Crippen LogP contribution >= 0.6 is 22.9 Å². The molecular formula is C10H14ClN3S. The second kappa shape index (κ2) is 3.92. The molecule has 0 N–H and O–H groups in total. The van der Waals surface area contributed by atoms with Gasteiger partial charge in [0.1, 0.15) is 5.15 Å². The van der Waals surface area contributed by atoms with E-state index in [1.165, 1.54) is 25.9 Å². The van der Waals surface area contributed by atoms with Gasteiger partial charge >= 0.3 is 0 Å². The highest BCUT2D eigenvalue weighted by Gasteiger charge is 2.31. The van der Waals surface area contributed by atoms with Gasteiger partial charge in [-0.25, -0.2) is 4.98 Å². The molecule has 0 amide bonds. The van der Waals surface area contributed by atoms with Crippen LogP contribution in [0.3, 0.4) is 0 Å². The first-order valence-electron chi connectivity index (χ1n) is 5.43. The third-order valence-corrected chi connectivity index (χ3v) is 4.55. The van der Waals surface area contributed by atoms with Crippen molar-refractivity contribution in [1.29, 1.82) is 0 Å². The Kier molecular flexibility index (Phi) is 2.58. The van der Waals surface area contributed by atoms with Crippen LogP contribution < -0.4 is 4.90 Å². The molecule has 3 nitrogen and oxygen atoms in total. The molecule has 0 bridgehead atoms. The first kappa shape index (κ1) is 9.87. The molecule has 0 saturated carbocycles. The van der Waals surface area contributed by atoms with Gasteiger partial charge in [-0.1, -0.05) is 11.6 Å². The van der Waals surface area contributed by atoms with E-state index in [0.717, 1.165) is 24.3 Å². The number of halogens is 1. The molecule has 82 valence electrons. The molecule has 1 aromatic heterocycles. The van der Waals surface area contributed by atoms with Crippen molar-refractivity contribution in [3.8, 4) is 0 Å². The summed E-state index contributed by atoms with van der Waals surface area (Å²) in [4.78, 5) is 9.32. The van der Waals surface area contributed by atoms with Gasteiger partial charge in [-0.05, 0) is 19.4 Å². The molecular weight excluding hydrogens is 230 g/mol. The van der Waals surface area contributed by atoms with Crippen LogP contribution in [0.4, 0.5) is 5.13 Å². The number of thiazole rings is 1. The summed E-state index contributed by atoms with van der Waals surface area (Å²) < 4.78 is 0. The van der Waals surface area contributed by atoms with Gasteiger partial charge in [0.25, 0.3) is 0 Å². The van der Waals surface area contributed by atoms with Gasteiger partial charge in [0, 0.05) is 31.1 Å².